The Balaban J connectivity index is 2.06. The highest BCUT2D eigenvalue weighted by Gasteiger charge is 2.39. The molecule has 2 aromatic rings. The third-order valence-corrected chi connectivity index (χ3v) is 3.90. The van der Waals surface area contributed by atoms with Crippen molar-refractivity contribution in [3.63, 3.8) is 0 Å². The van der Waals surface area contributed by atoms with E-state index in [0.717, 1.165) is 12.1 Å². The Bertz CT molecular complexity index is 755. The number of methoxy groups -OCH3 is 1. The second-order valence-corrected chi connectivity index (χ2v) is 5.31. The molecule has 10 heteroatoms. The fourth-order valence-corrected chi connectivity index (χ4v) is 2.75. The molecule has 0 unspecified atom stereocenters. The Kier molecular flexibility index (Phi) is 4.11. The third kappa shape index (κ3) is 2.90. The molecule has 1 N–H and O–H groups in total. The summed E-state index contributed by atoms with van der Waals surface area (Å²) in [6.45, 7) is 0.296. The maximum Gasteiger partial charge on any atom is 0.433 e. The molecular weight excluding hydrogens is 325 g/mol. The van der Waals surface area contributed by atoms with Gasteiger partial charge in [-0.05, 0) is 12.1 Å². The summed E-state index contributed by atoms with van der Waals surface area (Å²) in [4.78, 5) is 9.36. The number of halogens is 3. The molecule has 1 aliphatic rings. The van der Waals surface area contributed by atoms with Crippen LogP contribution in [0, 0.1) is 11.3 Å². The summed E-state index contributed by atoms with van der Waals surface area (Å²) in [5, 5.41) is 15.7. The number of hydrogen-bond acceptors (Lipinski definition) is 6. The molecule has 0 bridgehead atoms. The Morgan fingerprint density at radius 2 is 2.21 bits per heavy atom. The second kappa shape index (κ2) is 6.09. The minimum Gasteiger partial charge on any atom is -0.380 e. The van der Waals surface area contributed by atoms with Crippen molar-refractivity contribution >= 4 is 5.82 Å². The molecule has 0 saturated carbocycles. The molecule has 0 spiro atoms. The fraction of sp³-hybridized carbons (Fsp3) is 0.429. The van der Waals surface area contributed by atoms with E-state index in [-0.39, 0.29) is 17.5 Å². The lowest BCUT2D eigenvalue weighted by Crippen LogP contribution is -2.28. The zero-order valence-corrected chi connectivity index (χ0v) is 12.6. The van der Waals surface area contributed by atoms with E-state index in [9.17, 15) is 18.4 Å². The molecule has 1 fully saturated rings. The first-order valence-corrected chi connectivity index (χ1v) is 7.07. The molecule has 3 heterocycles. The highest BCUT2D eigenvalue weighted by atomic mass is 19.4. The molecule has 1 saturated heterocycles. The summed E-state index contributed by atoms with van der Waals surface area (Å²) in [5.41, 5.74) is -0.988. The molecule has 7 nitrogen and oxygen atoms in total. The predicted molar refractivity (Wildman–Crippen MR) is 75.8 cm³/mol. The zero-order valence-electron chi connectivity index (χ0n) is 12.6. The zero-order chi connectivity index (χ0) is 17.3. The van der Waals surface area contributed by atoms with Crippen LogP contribution in [0.25, 0.3) is 0 Å². The van der Waals surface area contributed by atoms with Crippen molar-refractivity contribution < 1.29 is 17.9 Å². The minimum absolute atomic E-state index is 0.0340. The summed E-state index contributed by atoms with van der Waals surface area (Å²) in [6, 6.07) is 3.42. The number of ether oxygens (including phenoxy) is 1. The maximum absolute atomic E-state index is 13.0. The maximum atomic E-state index is 13.0. The van der Waals surface area contributed by atoms with Gasteiger partial charge < -0.3 is 9.64 Å². The van der Waals surface area contributed by atoms with Gasteiger partial charge in [0.15, 0.2) is 0 Å². The van der Waals surface area contributed by atoms with Gasteiger partial charge in [0.1, 0.15) is 29.7 Å². The quantitative estimate of drug-likeness (QED) is 0.921. The first kappa shape index (κ1) is 16.2. The number of nitriles is 1. The lowest BCUT2D eigenvalue weighted by molar-refractivity contribution is -0.141. The van der Waals surface area contributed by atoms with Crippen LogP contribution in [0.3, 0.4) is 0 Å². The topological polar surface area (TPSA) is 90.7 Å². The number of alkyl halides is 3. The van der Waals surface area contributed by atoms with Crippen molar-refractivity contribution in [3.05, 3.63) is 35.5 Å². The van der Waals surface area contributed by atoms with E-state index in [4.69, 9.17) is 4.74 Å². The molecule has 0 amide bonds. The smallest absolute Gasteiger partial charge is 0.380 e. The standard InChI is InChI=1S/C14H13F3N6O/c1-24-9-4-10(12-19-7-20-22-12)23(6-9)13-8(5-18)2-3-11(21-13)14(15,16)17/h2-3,7,9-10H,4,6H2,1H3,(H,19,20,22)/t9-,10+/m1/s1. The SMILES string of the molecule is CO[C@@H]1C[C@@H](c2ncn[nH]2)N(c2nc(C(F)(F)F)ccc2C#N)C1. The Labute approximate surface area is 135 Å². The summed E-state index contributed by atoms with van der Waals surface area (Å²) in [5.74, 6) is 0.450. The van der Waals surface area contributed by atoms with Gasteiger partial charge in [0.2, 0.25) is 0 Å². The van der Waals surface area contributed by atoms with Gasteiger partial charge in [-0.3, -0.25) is 5.10 Å². The van der Waals surface area contributed by atoms with Gasteiger partial charge in [0, 0.05) is 20.1 Å². The third-order valence-electron chi connectivity index (χ3n) is 3.90. The number of aromatic amines is 1. The molecular formula is C14H13F3N6O. The van der Waals surface area contributed by atoms with Gasteiger partial charge in [-0.1, -0.05) is 0 Å². The van der Waals surface area contributed by atoms with Crippen molar-refractivity contribution in [1.29, 1.82) is 5.26 Å². The lowest BCUT2D eigenvalue weighted by atomic mass is 10.1. The monoisotopic (exact) mass is 338 g/mol. The first-order valence-electron chi connectivity index (χ1n) is 7.07. The number of anilines is 1. The molecule has 0 radical (unpaired) electrons. The van der Waals surface area contributed by atoms with Crippen LogP contribution in [0.1, 0.15) is 29.5 Å². The van der Waals surface area contributed by atoms with Gasteiger partial charge in [-0.25, -0.2) is 9.97 Å². The molecule has 1 aliphatic heterocycles. The number of rotatable bonds is 3. The Morgan fingerprint density at radius 3 is 2.79 bits per heavy atom. The molecule has 0 aliphatic carbocycles. The van der Waals surface area contributed by atoms with E-state index in [1.807, 2.05) is 6.07 Å². The van der Waals surface area contributed by atoms with Crippen molar-refractivity contribution in [3.8, 4) is 6.07 Å². The van der Waals surface area contributed by atoms with Crippen molar-refractivity contribution in [2.45, 2.75) is 24.7 Å². The van der Waals surface area contributed by atoms with E-state index < -0.39 is 17.9 Å². The summed E-state index contributed by atoms with van der Waals surface area (Å²) < 4.78 is 44.3. The van der Waals surface area contributed by atoms with Crippen molar-refractivity contribution in [2.24, 2.45) is 0 Å². The average molecular weight is 338 g/mol. The van der Waals surface area contributed by atoms with Crippen LogP contribution in [-0.2, 0) is 10.9 Å². The van der Waals surface area contributed by atoms with Gasteiger partial charge in [-0.15, -0.1) is 0 Å². The summed E-state index contributed by atoms with van der Waals surface area (Å²) >= 11 is 0. The van der Waals surface area contributed by atoms with Gasteiger partial charge >= 0.3 is 6.18 Å². The fourth-order valence-electron chi connectivity index (χ4n) is 2.75. The van der Waals surface area contributed by atoms with Crippen LogP contribution >= 0.6 is 0 Å². The molecule has 2 aromatic heterocycles. The molecule has 126 valence electrons. The normalized spacial score (nSPS) is 21.0. The van der Waals surface area contributed by atoms with Gasteiger partial charge in [0.05, 0.1) is 17.7 Å². The highest BCUT2D eigenvalue weighted by Crippen LogP contribution is 2.38. The van der Waals surface area contributed by atoms with Gasteiger partial charge in [-0.2, -0.15) is 23.5 Å². The van der Waals surface area contributed by atoms with Crippen molar-refractivity contribution in [1.82, 2.24) is 20.2 Å². The van der Waals surface area contributed by atoms with Crippen molar-refractivity contribution in [2.75, 3.05) is 18.6 Å². The minimum atomic E-state index is -4.59. The average Bonchev–Trinajstić information content (AvgIpc) is 3.22. The number of pyridine rings is 1. The number of nitrogens with one attached hydrogen (secondary N) is 1. The van der Waals surface area contributed by atoms with Crippen LogP contribution in [0.5, 0.6) is 0 Å². The molecule has 24 heavy (non-hydrogen) atoms. The first-order chi connectivity index (χ1) is 11.4. The van der Waals surface area contributed by atoms with Crippen LogP contribution in [-0.4, -0.2) is 39.9 Å². The summed E-state index contributed by atoms with van der Waals surface area (Å²) in [6.07, 6.45) is -3.00. The molecule has 2 atom stereocenters. The van der Waals surface area contributed by atoms with E-state index in [1.54, 1.807) is 4.90 Å². The van der Waals surface area contributed by atoms with E-state index in [0.29, 0.717) is 18.8 Å². The summed E-state index contributed by atoms with van der Waals surface area (Å²) in [7, 11) is 1.52. The molecule has 3 rings (SSSR count). The number of H-pyrrole nitrogens is 1. The predicted octanol–water partition coefficient (Wildman–Crippen LogP) is 2.06. The number of aromatic nitrogens is 4. The van der Waals surface area contributed by atoms with Crippen LogP contribution < -0.4 is 4.90 Å². The van der Waals surface area contributed by atoms with E-state index >= 15 is 0 Å². The highest BCUT2D eigenvalue weighted by molar-refractivity contribution is 5.56. The Morgan fingerprint density at radius 1 is 1.42 bits per heavy atom. The van der Waals surface area contributed by atoms with E-state index in [1.165, 1.54) is 13.4 Å². The number of hydrogen-bond donors (Lipinski definition) is 1. The van der Waals surface area contributed by atoms with E-state index in [2.05, 4.69) is 20.2 Å². The lowest BCUT2D eigenvalue weighted by Gasteiger charge is -2.25. The number of nitrogens with zero attached hydrogens (tertiary/aromatic N) is 5. The largest absolute Gasteiger partial charge is 0.433 e. The second-order valence-electron chi connectivity index (χ2n) is 5.31. The van der Waals surface area contributed by atoms with Crippen LogP contribution in [0.4, 0.5) is 19.0 Å². The van der Waals surface area contributed by atoms with Crippen LogP contribution in [0.2, 0.25) is 0 Å². The Hall–Kier alpha value is -2.67. The van der Waals surface area contributed by atoms with Gasteiger partial charge in [0.25, 0.3) is 0 Å². The molecule has 0 aromatic carbocycles. The van der Waals surface area contributed by atoms with Crippen LogP contribution in [0.15, 0.2) is 18.5 Å².